The van der Waals surface area contributed by atoms with E-state index < -0.39 is 0 Å². The molecule has 1 saturated heterocycles. The van der Waals surface area contributed by atoms with Crippen LogP contribution < -0.4 is 15.8 Å². The van der Waals surface area contributed by atoms with Crippen LogP contribution in [0.15, 0.2) is 0 Å². The van der Waals surface area contributed by atoms with E-state index >= 15 is 0 Å². The number of hydrogen-bond acceptors (Lipinski definition) is 7. The summed E-state index contributed by atoms with van der Waals surface area (Å²) in [7, 11) is 0. The fourth-order valence-electron chi connectivity index (χ4n) is 1.69. The second-order valence-corrected chi connectivity index (χ2v) is 5.73. The summed E-state index contributed by atoms with van der Waals surface area (Å²) in [5, 5.41) is 3.21. The molecule has 18 heavy (non-hydrogen) atoms. The smallest absolute Gasteiger partial charge is 0.323 e. The SMILES string of the molecule is CC(C)Oc1nc(N)nc(NCC2CCSC2)n1. The van der Waals surface area contributed by atoms with Crippen LogP contribution in [0.2, 0.25) is 0 Å². The molecule has 1 aromatic rings. The van der Waals surface area contributed by atoms with Gasteiger partial charge in [-0.15, -0.1) is 0 Å². The maximum atomic E-state index is 5.63. The topological polar surface area (TPSA) is 86.0 Å². The first-order valence-corrected chi connectivity index (χ1v) is 7.29. The summed E-state index contributed by atoms with van der Waals surface area (Å²) < 4.78 is 5.42. The molecule has 3 N–H and O–H groups in total. The molecule has 1 aliphatic heterocycles. The Morgan fingerprint density at radius 2 is 2.28 bits per heavy atom. The van der Waals surface area contributed by atoms with Gasteiger partial charge in [-0.2, -0.15) is 26.7 Å². The van der Waals surface area contributed by atoms with Gasteiger partial charge >= 0.3 is 6.01 Å². The lowest BCUT2D eigenvalue weighted by Gasteiger charge is -2.12. The molecule has 100 valence electrons. The van der Waals surface area contributed by atoms with Crippen LogP contribution in [-0.2, 0) is 0 Å². The number of nitrogen functional groups attached to an aromatic ring is 1. The minimum Gasteiger partial charge on any atom is -0.461 e. The zero-order valence-electron chi connectivity index (χ0n) is 10.7. The Balaban J connectivity index is 1.96. The Morgan fingerprint density at radius 1 is 1.44 bits per heavy atom. The predicted molar refractivity (Wildman–Crippen MR) is 73.9 cm³/mol. The summed E-state index contributed by atoms with van der Waals surface area (Å²) in [6.07, 6.45) is 1.26. The lowest BCUT2D eigenvalue weighted by Crippen LogP contribution is -2.17. The van der Waals surface area contributed by atoms with E-state index in [1.165, 1.54) is 17.9 Å². The van der Waals surface area contributed by atoms with Gasteiger partial charge in [0.1, 0.15) is 0 Å². The van der Waals surface area contributed by atoms with E-state index in [-0.39, 0.29) is 18.1 Å². The lowest BCUT2D eigenvalue weighted by molar-refractivity contribution is 0.222. The molecular formula is C11H19N5OS. The third-order valence-electron chi connectivity index (χ3n) is 2.55. The highest BCUT2D eigenvalue weighted by Gasteiger charge is 2.16. The van der Waals surface area contributed by atoms with Crippen molar-refractivity contribution in [1.29, 1.82) is 0 Å². The van der Waals surface area contributed by atoms with E-state index in [2.05, 4.69) is 20.3 Å². The third kappa shape index (κ3) is 3.90. The molecule has 1 aliphatic rings. The first kappa shape index (κ1) is 13.2. The van der Waals surface area contributed by atoms with Crippen molar-refractivity contribution >= 4 is 23.7 Å². The molecule has 1 aromatic heterocycles. The van der Waals surface area contributed by atoms with E-state index in [1.807, 2.05) is 25.6 Å². The van der Waals surface area contributed by atoms with Crippen LogP contribution in [0.4, 0.5) is 11.9 Å². The number of nitrogens with zero attached hydrogens (tertiary/aromatic N) is 3. The summed E-state index contributed by atoms with van der Waals surface area (Å²) in [5.74, 6) is 3.80. The molecule has 0 aliphatic carbocycles. The van der Waals surface area contributed by atoms with Crippen LogP contribution >= 0.6 is 11.8 Å². The number of hydrogen-bond donors (Lipinski definition) is 2. The summed E-state index contributed by atoms with van der Waals surface area (Å²) in [6, 6.07) is 0.279. The van der Waals surface area contributed by atoms with Gasteiger partial charge in [-0.25, -0.2) is 0 Å². The first-order chi connectivity index (χ1) is 8.63. The van der Waals surface area contributed by atoms with Crippen molar-refractivity contribution in [2.45, 2.75) is 26.4 Å². The molecule has 0 spiro atoms. The summed E-state index contributed by atoms with van der Waals surface area (Å²) in [5.41, 5.74) is 5.63. The number of anilines is 2. The fourth-order valence-corrected chi connectivity index (χ4v) is 2.98. The Morgan fingerprint density at radius 3 is 2.94 bits per heavy atom. The predicted octanol–water partition coefficient (Wildman–Crippen LogP) is 1.41. The molecule has 1 fully saturated rings. The van der Waals surface area contributed by atoms with Gasteiger partial charge in [0.15, 0.2) is 0 Å². The van der Waals surface area contributed by atoms with Crippen LogP contribution in [0.5, 0.6) is 6.01 Å². The number of nitrogens with two attached hydrogens (primary N) is 1. The second-order valence-electron chi connectivity index (χ2n) is 4.58. The van der Waals surface area contributed by atoms with Crippen LogP contribution in [0.1, 0.15) is 20.3 Å². The zero-order chi connectivity index (χ0) is 13.0. The van der Waals surface area contributed by atoms with Gasteiger partial charge in [-0.3, -0.25) is 0 Å². The van der Waals surface area contributed by atoms with Gasteiger partial charge in [-0.1, -0.05) is 0 Å². The van der Waals surface area contributed by atoms with Gasteiger partial charge in [0.05, 0.1) is 6.10 Å². The molecule has 0 radical (unpaired) electrons. The highest BCUT2D eigenvalue weighted by molar-refractivity contribution is 7.99. The standard InChI is InChI=1S/C11H19N5OS/c1-7(2)17-11-15-9(12)14-10(16-11)13-5-8-3-4-18-6-8/h7-8H,3-6H2,1-2H3,(H3,12,13,14,15,16). The Hall–Kier alpha value is -1.24. The lowest BCUT2D eigenvalue weighted by atomic mass is 10.1. The maximum Gasteiger partial charge on any atom is 0.323 e. The Labute approximate surface area is 111 Å². The summed E-state index contributed by atoms with van der Waals surface area (Å²) in [6.45, 7) is 4.71. The summed E-state index contributed by atoms with van der Waals surface area (Å²) in [4.78, 5) is 12.2. The van der Waals surface area contributed by atoms with Gasteiger partial charge in [0.2, 0.25) is 11.9 Å². The van der Waals surface area contributed by atoms with Crippen molar-refractivity contribution in [3.8, 4) is 6.01 Å². The normalized spacial score (nSPS) is 19.2. The van der Waals surface area contributed by atoms with Crippen LogP contribution in [0, 0.1) is 5.92 Å². The van der Waals surface area contributed by atoms with Gasteiger partial charge in [0, 0.05) is 6.54 Å². The molecule has 0 saturated carbocycles. The van der Waals surface area contributed by atoms with Crippen molar-refractivity contribution in [2.75, 3.05) is 29.1 Å². The highest BCUT2D eigenvalue weighted by Crippen LogP contribution is 2.23. The molecule has 0 aromatic carbocycles. The highest BCUT2D eigenvalue weighted by atomic mass is 32.2. The van der Waals surface area contributed by atoms with Gasteiger partial charge < -0.3 is 15.8 Å². The monoisotopic (exact) mass is 269 g/mol. The first-order valence-electron chi connectivity index (χ1n) is 6.13. The molecule has 2 rings (SSSR count). The van der Waals surface area contributed by atoms with Gasteiger partial charge in [-0.05, 0) is 37.7 Å². The molecule has 6 nitrogen and oxygen atoms in total. The minimum atomic E-state index is 0.0193. The van der Waals surface area contributed by atoms with Crippen molar-refractivity contribution in [3.63, 3.8) is 0 Å². The zero-order valence-corrected chi connectivity index (χ0v) is 11.5. The van der Waals surface area contributed by atoms with Crippen molar-refractivity contribution in [3.05, 3.63) is 0 Å². The number of ether oxygens (including phenoxy) is 1. The Kier molecular flexibility index (Phi) is 4.46. The molecule has 0 bridgehead atoms. The van der Waals surface area contributed by atoms with Crippen LogP contribution in [0.25, 0.3) is 0 Å². The molecule has 2 heterocycles. The fraction of sp³-hybridized carbons (Fsp3) is 0.727. The maximum absolute atomic E-state index is 5.63. The van der Waals surface area contributed by atoms with E-state index in [0.717, 1.165) is 6.54 Å². The van der Waals surface area contributed by atoms with Crippen LogP contribution in [0.3, 0.4) is 0 Å². The molecular weight excluding hydrogens is 250 g/mol. The molecule has 1 atom stereocenters. The number of nitrogens with one attached hydrogen (secondary N) is 1. The Bertz CT molecular complexity index is 395. The third-order valence-corrected chi connectivity index (χ3v) is 3.78. The average molecular weight is 269 g/mol. The van der Waals surface area contributed by atoms with Crippen LogP contribution in [-0.4, -0.2) is 39.1 Å². The van der Waals surface area contributed by atoms with E-state index in [0.29, 0.717) is 11.9 Å². The van der Waals surface area contributed by atoms with E-state index in [4.69, 9.17) is 10.5 Å². The number of rotatable bonds is 5. The quantitative estimate of drug-likeness (QED) is 0.835. The van der Waals surface area contributed by atoms with Crippen molar-refractivity contribution in [1.82, 2.24) is 15.0 Å². The van der Waals surface area contributed by atoms with Crippen molar-refractivity contribution in [2.24, 2.45) is 5.92 Å². The molecule has 1 unspecified atom stereocenters. The minimum absolute atomic E-state index is 0.0193. The second kappa shape index (κ2) is 6.08. The average Bonchev–Trinajstić information content (AvgIpc) is 2.77. The number of aromatic nitrogens is 3. The van der Waals surface area contributed by atoms with Crippen molar-refractivity contribution < 1.29 is 4.74 Å². The van der Waals surface area contributed by atoms with E-state index in [1.54, 1.807) is 0 Å². The molecule has 7 heteroatoms. The van der Waals surface area contributed by atoms with Gasteiger partial charge in [0.25, 0.3) is 0 Å². The number of thioether (sulfide) groups is 1. The summed E-state index contributed by atoms with van der Waals surface area (Å²) >= 11 is 1.99. The largest absolute Gasteiger partial charge is 0.461 e. The molecule has 0 amide bonds. The van der Waals surface area contributed by atoms with E-state index in [9.17, 15) is 0 Å².